The Hall–Kier alpha value is -5.26. The summed E-state index contributed by atoms with van der Waals surface area (Å²) in [6, 6.07) is 45.6. The van der Waals surface area contributed by atoms with Crippen molar-refractivity contribution < 1.29 is 4.74 Å². The van der Waals surface area contributed by atoms with Gasteiger partial charge in [0.15, 0.2) is 0 Å². The van der Waals surface area contributed by atoms with Crippen LogP contribution in [-0.2, 0) is 28.2 Å². The summed E-state index contributed by atoms with van der Waals surface area (Å²) in [6.45, 7) is 19.0. The molecule has 1 atom stereocenters. The second-order valence-corrected chi connectivity index (χ2v) is 20.5. The third-order valence-electron chi connectivity index (χ3n) is 14.8. The lowest BCUT2D eigenvalue weighted by molar-refractivity contribution is 0.320. The summed E-state index contributed by atoms with van der Waals surface area (Å²) in [4.78, 5) is 4.95. The topological polar surface area (TPSA) is 41.7 Å². The zero-order valence-electron chi connectivity index (χ0n) is 37.0. The van der Waals surface area contributed by atoms with Gasteiger partial charge in [0.25, 0.3) is 6.71 Å². The average molecular weight is 790 g/mol. The summed E-state index contributed by atoms with van der Waals surface area (Å²) >= 11 is 0. The largest absolute Gasteiger partial charge is 0.458 e. The second kappa shape index (κ2) is 13.9. The van der Waals surface area contributed by atoms with Crippen molar-refractivity contribution in [1.82, 2.24) is 0 Å². The zero-order valence-corrected chi connectivity index (χ0v) is 37.0. The van der Waals surface area contributed by atoms with Crippen LogP contribution in [0.3, 0.4) is 0 Å². The van der Waals surface area contributed by atoms with Crippen molar-refractivity contribution in [1.29, 1.82) is 0 Å². The minimum atomic E-state index is -0.445. The number of ether oxygens (including phenoxy) is 1. The Balaban J connectivity index is 1.31. The number of hydrogen-bond acceptors (Lipinski definition) is 4. The van der Waals surface area contributed by atoms with Crippen molar-refractivity contribution >= 4 is 57.2 Å². The maximum atomic E-state index is 7.37. The molecule has 0 aromatic heterocycles. The highest BCUT2D eigenvalue weighted by Gasteiger charge is 2.47. The van der Waals surface area contributed by atoms with E-state index in [0.717, 1.165) is 72.8 Å². The molecule has 0 saturated heterocycles. The van der Waals surface area contributed by atoms with E-state index in [1.54, 1.807) is 0 Å². The molecule has 2 heterocycles. The van der Waals surface area contributed by atoms with Gasteiger partial charge in [-0.1, -0.05) is 116 Å². The van der Waals surface area contributed by atoms with Gasteiger partial charge in [0.05, 0.1) is 5.69 Å². The number of hydrogen-bond donors (Lipinski definition) is 1. The smallest absolute Gasteiger partial charge is 0.256 e. The lowest BCUT2D eigenvalue weighted by Crippen LogP contribution is -2.60. The molecule has 2 aliphatic heterocycles. The molecule has 5 heteroatoms. The Morgan fingerprint density at radius 3 is 1.88 bits per heavy atom. The zero-order chi connectivity index (χ0) is 41.8. The van der Waals surface area contributed by atoms with Crippen LogP contribution in [0.25, 0.3) is 0 Å². The van der Waals surface area contributed by atoms with Crippen LogP contribution in [0.4, 0.5) is 34.1 Å². The number of para-hydroxylation sites is 2. The maximum Gasteiger partial charge on any atom is 0.256 e. The van der Waals surface area contributed by atoms with Crippen molar-refractivity contribution in [2.75, 3.05) is 9.80 Å². The van der Waals surface area contributed by atoms with E-state index in [9.17, 15) is 0 Å². The number of nitrogens with zero attached hydrogens (tertiary/aromatic N) is 2. The van der Waals surface area contributed by atoms with Crippen LogP contribution in [-0.4, -0.2) is 6.71 Å². The van der Waals surface area contributed by atoms with Crippen molar-refractivity contribution in [3.05, 3.63) is 149 Å². The van der Waals surface area contributed by atoms with Gasteiger partial charge in [0.2, 0.25) is 0 Å². The van der Waals surface area contributed by atoms with Crippen LogP contribution in [0, 0.1) is 0 Å². The molecule has 4 nitrogen and oxygen atoms in total. The molecule has 2 aliphatic carbocycles. The van der Waals surface area contributed by atoms with Gasteiger partial charge in [-0.25, -0.2) is 0 Å². The van der Waals surface area contributed by atoms with E-state index >= 15 is 0 Å². The number of nitrogens with two attached hydrogens (primary N) is 1. The average Bonchev–Trinajstić information content (AvgIpc) is 3.23. The van der Waals surface area contributed by atoms with Gasteiger partial charge < -0.3 is 20.3 Å². The van der Waals surface area contributed by atoms with Crippen molar-refractivity contribution in [2.24, 2.45) is 5.73 Å². The second-order valence-electron chi connectivity index (χ2n) is 20.5. The molecule has 0 spiro atoms. The molecule has 0 saturated carbocycles. The summed E-state index contributed by atoms with van der Waals surface area (Å²) in [7, 11) is 0. The quantitative estimate of drug-likeness (QED) is 0.163. The van der Waals surface area contributed by atoms with E-state index in [1.165, 1.54) is 62.0 Å². The predicted octanol–water partition coefficient (Wildman–Crippen LogP) is 12.5. The van der Waals surface area contributed by atoms with Crippen LogP contribution in [0.1, 0.15) is 122 Å². The van der Waals surface area contributed by atoms with E-state index in [0.29, 0.717) is 0 Å². The van der Waals surface area contributed by atoms with Gasteiger partial charge >= 0.3 is 0 Å². The molecule has 0 radical (unpaired) electrons. The molecular weight excluding hydrogens is 729 g/mol. The summed E-state index contributed by atoms with van der Waals surface area (Å²) in [5.74, 6) is 1.86. The minimum absolute atomic E-state index is 0.00863. The Kier molecular flexibility index (Phi) is 9.01. The first-order valence-corrected chi connectivity index (χ1v) is 22.5. The normalized spacial score (nSPS) is 19.9. The molecule has 60 heavy (non-hydrogen) atoms. The monoisotopic (exact) mass is 789 g/mol. The maximum absolute atomic E-state index is 7.37. The van der Waals surface area contributed by atoms with E-state index in [-0.39, 0.29) is 23.0 Å². The summed E-state index contributed by atoms with van der Waals surface area (Å²) in [5, 5.41) is 0. The van der Waals surface area contributed by atoms with Crippen LogP contribution in [0.15, 0.2) is 121 Å². The number of unbranched alkanes of at least 4 members (excludes halogenated alkanes) is 1. The molecular formula is C55H60BN3O. The lowest BCUT2D eigenvalue weighted by Gasteiger charge is -2.46. The van der Waals surface area contributed by atoms with Crippen LogP contribution < -0.4 is 36.7 Å². The Morgan fingerprint density at radius 1 is 0.583 bits per heavy atom. The summed E-state index contributed by atoms with van der Waals surface area (Å²) in [6.07, 6.45) is 7.72. The van der Waals surface area contributed by atoms with Gasteiger partial charge in [-0.05, 0) is 160 Å². The van der Waals surface area contributed by atoms with Gasteiger partial charge in [-0.15, -0.1) is 0 Å². The number of benzene rings is 6. The number of aryl methyl sites for hydroxylation is 1. The van der Waals surface area contributed by atoms with E-state index < -0.39 is 5.54 Å². The highest BCUT2D eigenvalue weighted by atomic mass is 16.5. The van der Waals surface area contributed by atoms with E-state index in [4.69, 9.17) is 10.5 Å². The van der Waals surface area contributed by atoms with Crippen molar-refractivity contribution in [2.45, 2.75) is 122 Å². The summed E-state index contributed by atoms with van der Waals surface area (Å²) in [5.41, 5.74) is 24.6. The Morgan fingerprint density at radius 2 is 1.22 bits per heavy atom. The first kappa shape index (κ1) is 38.9. The highest BCUT2D eigenvalue weighted by molar-refractivity contribution is 6.99. The SMILES string of the molecule is CCCCc1ccc2c(c1)B1c3cc4c(cc3N(c3ccc5c(c3)C(C)(C)CCC5(C)C)c3cc(N(c5ccccc5)c5ccccc5)cc(c31)O2)C(C)(N)CCC4(C)C. The van der Waals surface area contributed by atoms with Gasteiger partial charge in [0, 0.05) is 40.0 Å². The molecule has 4 aliphatic rings. The van der Waals surface area contributed by atoms with Crippen LogP contribution in [0.5, 0.6) is 11.5 Å². The van der Waals surface area contributed by atoms with Crippen LogP contribution in [0.2, 0.25) is 0 Å². The Labute approximate surface area is 358 Å². The third-order valence-corrected chi connectivity index (χ3v) is 14.8. The fourth-order valence-corrected chi connectivity index (χ4v) is 11.0. The fourth-order valence-electron chi connectivity index (χ4n) is 11.0. The first-order chi connectivity index (χ1) is 28.7. The fraction of sp³-hybridized carbons (Fsp3) is 0.345. The van der Waals surface area contributed by atoms with Gasteiger partial charge in [-0.2, -0.15) is 0 Å². The van der Waals surface area contributed by atoms with E-state index in [2.05, 4.69) is 187 Å². The molecule has 2 N–H and O–H groups in total. The molecule has 0 fully saturated rings. The third kappa shape index (κ3) is 6.21. The molecule has 6 aromatic carbocycles. The van der Waals surface area contributed by atoms with Crippen LogP contribution >= 0.6 is 0 Å². The standard InChI is InChI=1S/C55H60BN3O/c1-9-10-17-36-22-25-49-46(30-36)56-45-34-43-44(55(8,57)29-28-54(43,6)7)35-47(45)59(39-23-24-41-42(31-39)53(4,5)27-26-52(41,2)3)48-32-40(33-50(60-49)51(48)56)58(37-18-13-11-14-19-37)38-20-15-12-16-21-38/h11-16,18-25,30-35H,9-10,17,26-29,57H2,1-8H3. The molecule has 304 valence electrons. The number of rotatable bonds is 7. The molecule has 0 amide bonds. The minimum Gasteiger partial charge on any atom is -0.458 e. The first-order valence-electron chi connectivity index (χ1n) is 22.5. The lowest BCUT2D eigenvalue weighted by atomic mass is 9.33. The molecule has 10 rings (SSSR count). The highest BCUT2D eigenvalue weighted by Crippen LogP contribution is 2.52. The molecule has 6 aromatic rings. The predicted molar refractivity (Wildman–Crippen MR) is 255 cm³/mol. The molecule has 0 bridgehead atoms. The Bertz CT molecular complexity index is 2600. The number of anilines is 6. The van der Waals surface area contributed by atoms with Crippen molar-refractivity contribution in [3.8, 4) is 11.5 Å². The van der Waals surface area contributed by atoms with E-state index in [1.807, 2.05) is 0 Å². The van der Waals surface area contributed by atoms with Gasteiger partial charge in [0.1, 0.15) is 11.5 Å². The molecule has 1 unspecified atom stereocenters. The van der Waals surface area contributed by atoms with Gasteiger partial charge in [-0.3, -0.25) is 0 Å². The number of fused-ring (bicyclic) bond motifs is 6. The van der Waals surface area contributed by atoms with Crippen molar-refractivity contribution in [3.63, 3.8) is 0 Å². The summed E-state index contributed by atoms with van der Waals surface area (Å²) < 4.78 is 7.21.